The molecule has 0 aliphatic carbocycles. The first kappa shape index (κ1) is 15.4. The first-order valence-corrected chi connectivity index (χ1v) is 6.67. The number of ether oxygens (including phenoxy) is 1. The highest BCUT2D eigenvalue weighted by atomic mass is 79.9. The first-order chi connectivity index (χ1) is 8.16. The summed E-state index contributed by atoms with van der Waals surface area (Å²) in [4.78, 5) is 0. The van der Waals surface area contributed by atoms with Crippen molar-refractivity contribution < 1.29 is 13.5 Å². The van der Waals surface area contributed by atoms with E-state index in [1.807, 2.05) is 6.92 Å². The smallest absolute Gasteiger partial charge is 0.279 e. The van der Waals surface area contributed by atoms with Gasteiger partial charge in [0, 0.05) is 10.4 Å². The summed E-state index contributed by atoms with van der Waals surface area (Å²) in [5.41, 5.74) is 2.24. The molecule has 0 radical (unpaired) electrons. The Morgan fingerprint density at radius 3 is 1.94 bits per heavy atom. The molecule has 1 nitrogen and oxygen atoms in total. The van der Waals surface area contributed by atoms with E-state index in [4.69, 9.17) is 4.74 Å². The standard InChI is InChI=1S/C14H19BrF2O/c1-7(2)14(16,17)11-10(5)12(15)8(3)9(4)13(11)18-6/h7H,1-6H3. The number of rotatable bonds is 3. The summed E-state index contributed by atoms with van der Waals surface area (Å²) in [6, 6.07) is 0. The Hall–Kier alpha value is -0.640. The molecular formula is C14H19BrF2O. The van der Waals surface area contributed by atoms with E-state index < -0.39 is 11.8 Å². The van der Waals surface area contributed by atoms with E-state index in [2.05, 4.69) is 15.9 Å². The maximum Gasteiger partial charge on any atom is 0.279 e. The van der Waals surface area contributed by atoms with Crippen LogP contribution in [0.15, 0.2) is 4.47 Å². The van der Waals surface area contributed by atoms with Crippen molar-refractivity contribution in [2.45, 2.75) is 40.5 Å². The van der Waals surface area contributed by atoms with Crippen molar-refractivity contribution in [1.82, 2.24) is 0 Å². The normalized spacial score (nSPS) is 12.1. The molecule has 4 heteroatoms. The molecule has 102 valence electrons. The molecule has 0 amide bonds. The zero-order valence-corrected chi connectivity index (χ0v) is 13.2. The van der Waals surface area contributed by atoms with Crippen LogP contribution >= 0.6 is 15.9 Å². The fourth-order valence-corrected chi connectivity index (χ4v) is 2.52. The molecule has 0 aliphatic heterocycles. The van der Waals surface area contributed by atoms with Crippen molar-refractivity contribution in [3.8, 4) is 5.75 Å². The van der Waals surface area contributed by atoms with Crippen LogP contribution in [0.3, 0.4) is 0 Å². The lowest BCUT2D eigenvalue weighted by Crippen LogP contribution is -2.24. The monoisotopic (exact) mass is 320 g/mol. The molecule has 0 saturated carbocycles. The van der Waals surface area contributed by atoms with Gasteiger partial charge in [0.2, 0.25) is 0 Å². The number of benzene rings is 1. The topological polar surface area (TPSA) is 9.23 Å². The number of alkyl halides is 2. The molecule has 1 rings (SSSR count). The van der Waals surface area contributed by atoms with Crippen molar-refractivity contribution >= 4 is 15.9 Å². The molecule has 1 aromatic rings. The van der Waals surface area contributed by atoms with Crippen LogP contribution in [0.4, 0.5) is 8.78 Å². The third kappa shape index (κ3) is 2.27. The van der Waals surface area contributed by atoms with Crippen LogP contribution in [-0.4, -0.2) is 7.11 Å². The Kier molecular flexibility index (Phi) is 4.42. The van der Waals surface area contributed by atoms with Gasteiger partial charge >= 0.3 is 0 Å². The largest absolute Gasteiger partial charge is 0.496 e. The summed E-state index contributed by atoms with van der Waals surface area (Å²) < 4.78 is 34.7. The number of hydrogen-bond acceptors (Lipinski definition) is 1. The average molecular weight is 321 g/mol. The molecule has 0 unspecified atom stereocenters. The summed E-state index contributed by atoms with van der Waals surface area (Å²) in [6.07, 6.45) is 0. The number of hydrogen-bond donors (Lipinski definition) is 0. The molecule has 0 fully saturated rings. The number of methoxy groups -OCH3 is 1. The molecule has 0 aromatic heterocycles. The summed E-state index contributed by atoms with van der Waals surface area (Å²) in [5, 5.41) is 0. The number of halogens is 3. The minimum absolute atomic E-state index is 0.00465. The lowest BCUT2D eigenvalue weighted by atomic mass is 9.89. The van der Waals surface area contributed by atoms with Crippen LogP contribution in [-0.2, 0) is 5.92 Å². The summed E-state index contributed by atoms with van der Waals surface area (Å²) in [6.45, 7) is 8.43. The lowest BCUT2D eigenvalue weighted by molar-refractivity contribution is -0.0537. The molecule has 0 aliphatic rings. The minimum Gasteiger partial charge on any atom is -0.496 e. The van der Waals surface area contributed by atoms with Crippen LogP contribution in [0.2, 0.25) is 0 Å². The van der Waals surface area contributed by atoms with Gasteiger partial charge < -0.3 is 4.74 Å². The Morgan fingerprint density at radius 2 is 1.56 bits per heavy atom. The highest BCUT2D eigenvalue weighted by molar-refractivity contribution is 9.10. The molecule has 0 bridgehead atoms. The zero-order chi connectivity index (χ0) is 14.2. The van der Waals surface area contributed by atoms with E-state index in [1.54, 1.807) is 13.8 Å². The van der Waals surface area contributed by atoms with Crippen LogP contribution < -0.4 is 4.74 Å². The van der Waals surface area contributed by atoms with Crippen LogP contribution in [0.5, 0.6) is 5.75 Å². The second-order valence-corrected chi connectivity index (χ2v) is 5.67. The third-order valence-electron chi connectivity index (χ3n) is 3.43. The molecule has 0 N–H and O–H groups in total. The van der Waals surface area contributed by atoms with Crippen molar-refractivity contribution in [2.24, 2.45) is 5.92 Å². The summed E-state index contributed by atoms with van der Waals surface area (Å²) in [5.74, 6) is -3.39. The van der Waals surface area contributed by atoms with Gasteiger partial charge in [0.25, 0.3) is 5.92 Å². The highest BCUT2D eigenvalue weighted by Gasteiger charge is 2.41. The second kappa shape index (κ2) is 5.16. The van der Waals surface area contributed by atoms with Gasteiger partial charge in [-0.2, -0.15) is 0 Å². The van der Waals surface area contributed by atoms with Crippen LogP contribution in [0, 0.1) is 26.7 Å². The van der Waals surface area contributed by atoms with E-state index in [1.165, 1.54) is 21.0 Å². The Morgan fingerprint density at radius 1 is 1.06 bits per heavy atom. The van der Waals surface area contributed by atoms with E-state index in [-0.39, 0.29) is 5.56 Å². The van der Waals surface area contributed by atoms with Crippen molar-refractivity contribution in [2.75, 3.05) is 7.11 Å². The van der Waals surface area contributed by atoms with Gasteiger partial charge in [-0.15, -0.1) is 0 Å². The van der Waals surface area contributed by atoms with Gasteiger partial charge in [-0.25, -0.2) is 8.78 Å². The lowest BCUT2D eigenvalue weighted by Gasteiger charge is -2.27. The van der Waals surface area contributed by atoms with Crippen molar-refractivity contribution in [1.29, 1.82) is 0 Å². The van der Waals surface area contributed by atoms with Crippen molar-refractivity contribution in [3.63, 3.8) is 0 Å². The summed E-state index contributed by atoms with van der Waals surface area (Å²) >= 11 is 3.40. The SMILES string of the molecule is COc1c(C)c(C)c(Br)c(C)c1C(F)(F)C(C)C. The van der Waals surface area contributed by atoms with Gasteiger partial charge in [-0.1, -0.05) is 29.8 Å². The maximum absolute atomic E-state index is 14.4. The molecular weight excluding hydrogens is 302 g/mol. The van der Waals surface area contributed by atoms with E-state index in [0.717, 1.165) is 15.6 Å². The fourth-order valence-electron chi connectivity index (χ4n) is 2.03. The average Bonchev–Trinajstić information content (AvgIpc) is 2.30. The molecule has 0 saturated heterocycles. The Labute approximate surface area is 116 Å². The molecule has 18 heavy (non-hydrogen) atoms. The van der Waals surface area contributed by atoms with Gasteiger partial charge in [0.1, 0.15) is 5.75 Å². The predicted molar refractivity (Wildman–Crippen MR) is 73.6 cm³/mol. The van der Waals surface area contributed by atoms with Crippen LogP contribution in [0.25, 0.3) is 0 Å². The minimum atomic E-state index is -2.91. The molecule has 0 atom stereocenters. The predicted octanol–water partition coefficient (Wildman–Crippen LogP) is 5.13. The van der Waals surface area contributed by atoms with Gasteiger partial charge in [-0.3, -0.25) is 0 Å². The van der Waals surface area contributed by atoms with E-state index in [0.29, 0.717) is 11.3 Å². The Balaban J connectivity index is 3.73. The second-order valence-electron chi connectivity index (χ2n) is 4.87. The van der Waals surface area contributed by atoms with E-state index >= 15 is 0 Å². The Bertz CT molecular complexity index is 468. The zero-order valence-electron chi connectivity index (χ0n) is 11.6. The van der Waals surface area contributed by atoms with Gasteiger partial charge in [0.15, 0.2) is 0 Å². The van der Waals surface area contributed by atoms with Crippen molar-refractivity contribution in [3.05, 3.63) is 26.7 Å². The fraction of sp³-hybridized carbons (Fsp3) is 0.571. The van der Waals surface area contributed by atoms with Gasteiger partial charge in [-0.05, 0) is 37.5 Å². The quantitative estimate of drug-likeness (QED) is 0.750. The molecule has 0 spiro atoms. The van der Waals surface area contributed by atoms with E-state index in [9.17, 15) is 8.78 Å². The molecule has 1 aromatic carbocycles. The maximum atomic E-state index is 14.4. The summed E-state index contributed by atoms with van der Waals surface area (Å²) in [7, 11) is 1.44. The third-order valence-corrected chi connectivity index (χ3v) is 4.62. The highest BCUT2D eigenvalue weighted by Crippen LogP contribution is 2.47. The first-order valence-electron chi connectivity index (χ1n) is 5.87. The van der Waals surface area contributed by atoms with Crippen LogP contribution in [0.1, 0.15) is 36.1 Å². The van der Waals surface area contributed by atoms with Gasteiger partial charge in [0.05, 0.1) is 12.7 Å². The molecule has 0 heterocycles.